The number of nitrogens with one attached hydrogen (secondary N) is 2. The standard InChI is InChI=1S/C11H15Cl2N4O3P/c12-3-5-16(6-4-13)21(20)14-8-9-1-2-10(17(18)19)7-11(9)15-21/h1-2,7H,3-6,8H2,(H2,14,15,20). The van der Waals surface area contributed by atoms with Gasteiger partial charge in [-0.1, -0.05) is 0 Å². The van der Waals surface area contributed by atoms with Gasteiger partial charge in [0.1, 0.15) is 0 Å². The Balaban J connectivity index is 2.29. The average Bonchev–Trinajstić information content (AvgIpc) is 2.46. The van der Waals surface area contributed by atoms with Gasteiger partial charge in [-0.15, -0.1) is 23.2 Å². The maximum absolute atomic E-state index is 13.0. The van der Waals surface area contributed by atoms with Gasteiger partial charge >= 0.3 is 7.59 Å². The number of nitro benzene ring substituents is 1. The van der Waals surface area contributed by atoms with E-state index < -0.39 is 12.5 Å². The Bertz CT molecular complexity index is 581. The lowest BCUT2D eigenvalue weighted by atomic mass is 10.1. The zero-order valence-corrected chi connectivity index (χ0v) is 13.5. The van der Waals surface area contributed by atoms with E-state index in [4.69, 9.17) is 23.2 Å². The van der Waals surface area contributed by atoms with Crippen LogP contribution in [0.3, 0.4) is 0 Å². The van der Waals surface area contributed by atoms with Gasteiger partial charge in [-0.05, 0) is 11.6 Å². The van der Waals surface area contributed by atoms with Gasteiger partial charge < -0.3 is 5.09 Å². The second kappa shape index (κ2) is 6.94. The van der Waals surface area contributed by atoms with E-state index in [0.29, 0.717) is 37.1 Å². The lowest BCUT2D eigenvalue weighted by Crippen LogP contribution is -2.36. The minimum Gasteiger partial charge on any atom is -0.312 e. The van der Waals surface area contributed by atoms with Crippen molar-refractivity contribution in [1.29, 1.82) is 0 Å². The number of benzene rings is 1. The quantitative estimate of drug-likeness (QED) is 0.354. The Kier molecular flexibility index (Phi) is 5.46. The molecule has 0 amide bonds. The largest absolute Gasteiger partial charge is 0.312 e. The molecule has 1 heterocycles. The van der Waals surface area contributed by atoms with E-state index >= 15 is 0 Å². The summed E-state index contributed by atoms with van der Waals surface area (Å²) in [5, 5.41) is 16.7. The molecule has 116 valence electrons. The molecule has 1 aromatic rings. The first-order valence-electron chi connectivity index (χ1n) is 6.28. The Morgan fingerprint density at radius 2 is 2.00 bits per heavy atom. The SMILES string of the molecule is O=[N+]([O-])c1ccc2c(c1)NP(=O)(N(CCCl)CCCl)NC2. The summed E-state index contributed by atoms with van der Waals surface area (Å²) in [5.41, 5.74) is 1.28. The molecule has 1 aliphatic heterocycles. The van der Waals surface area contributed by atoms with Crippen molar-refractivity contribution in [2.24, 2.45) is 0 Å². The van der Waals surface area contributed by atoms with Crippen molar-refractivity contribution in [3.8, 4) is 0 Å². The lowest BCUT2D eigenvalue weighted by Gasteiger charge is -2.35. The van der Waals surface area contributed by atoms with Gasteiger partial charge in [-0.3, -0.25) is 14.7 Å². The predicted octanol–water partition coefficient (Wildman–Crippen LogP) is 3.00. The van der Waals surface area contributed by atoms with E-state index in [1.807, 2.05) is 0 Å². The van der Waals surface area contributed by atoms with E-state index in [1.54, 1.807) is 10.7 Å². The highest BCUT2D eigenvalue weighted by Gasteiger charge is 2.34. The van der Waals surface area contributed by atoms with Crippen molar-refractivity contribution >= 4 is 42.2 Å². The molecule has 0 aliphatic carbocycles. The molecule has 2 rings (SSSR count). The number of anilines is 1. The Hall–Kier alpha value is -0.850. The molecule has 0 saturated carbocycles. The Morgan fingerprint density at radius 3 is 2.57 bits per heavy atom. The summed E-state index contributed by atoms with van der Waals surface area (Å²) in [6.07, 6.45) is 0. The molecule has 0 radical (unpaired) electrons. The molecule has 7 nitrogen and oxygen atoms in total. The molecule has 1 atom stereocenters. The van der Waals surface area contributed by atoms with Crippen molar-refractivity contribution in [2.75, 3.05) is 29.9 Å². The molecular formula is C11H15Cl2N4O3P. The van der Waals surface area contributed by atoms with Gasteiger partial charge in [0.15, 0.2) is 0 Å². The molecule has 10 heteroatoms. The molecule has 1 aliphatic rings. The second-order valence-electron chi connectivity index (χ2n) is 4.45. The molecule has 21 heavy (non-hydrogen) atoms. The Labute approximate surface area is 132 Å². The van der Waals surface area contributed by atoms with Gasteiger partial charge in [0.05, 0.1) is 10.6 Å². The van der Waals surface area contributed by atoms with E-state index in [9.17, 15) is 14.7 Å². The number of rotatable bonds is 6. The van der Waals surface area contributed by atoms with E-state index in [-0.39, 0.29) is 5.69 Å². The first kappa shape index (κ1) is 16.5. The Morgan fingerprint density at radius 1 is 1.33 bits per heavy atom. The van der Waals surface area contributed by atoms with Gasteiger partial charge in [0.2, 0.25) is 0 Å². The van der Waals surface area contributed by atoms with Crippen molar-refractivity contribution in [3.63, 3.8) is 0 Å². The van der Waals surface area contributed by atoms with Crippen molar-refractivity contribution in [2.45, 2.75) is 6.54 Å². The predicted molar refractivity (Wildman–Crippen MR) is 84.2 cm³/mol. The average molecular weight is 353 g/mol. The first-order chi connectivity index (χ1) is 10.00. The van der Waals surface area contributed by atoms with Crippen molar-refractivity contribution < 1.29 is 9.49 Å². The van der Waals surface area contributed by atoms with Crippen LogP contribution in [-0.4, -0.2) is 34.4 Å². The normalized spacial score (nSPS) is 20.9. The first-order valence-corrected chi connectivity index (χ1v) is 9.01. The van der Waals surface area contributed by atoms with Gasteiger partial charge in [0.25, 0.3) is 5.69 Å². The molecule has 0 saturated heterocycles. The summed E-state index contributed by atoms with van der Waals surface area (Å²) in [6.45, 7) is 1.16. The minimum atomic E-state index is -3.10. The molecule has 1 unspecified atom stereocenters. The van der Waals surface area contributed by atoms with Crippen LogP contribution < -0.4 is 10.2 Å². The van der Waals surface area contributed by atoms with Crippen LogP contribution >= 0.6 is 30.8 Å². The highest BCUT2D eigenvalue weighted by atomic mass is 35.5. The number of hydrogen-bond donors (Lipinski definition) is 2. The maximum Gasteiger partial charge on any atom is 0.306 e. The fourth-order valence-electron chi connectivity index (χ4n) is 2.09. The number of nitro groups is 1. The summed E-state index contributed by atoms with van der Waals surface area (Å²) in [5.74, 6) is 0.623. The molecule has 0 bridgehead atoms. The maximum atomic E-state index is 13.0. The van der Waals surface area contributed by atoms with Gasteiger partial charge in [-0.2, -0.15) is 0 Å². The molecule has 0 aromatic heterocycles. The summed E-state index contributed by atoms with van der Waals surface area (Å²) in [6, 6.07) is 4.46. The number of nitrogens with zero attached hydrogens (tertiary/aromatic N) is 2. The third kappa shape index (κ3) is 3.67. The summed E-state index contributed by atoms with van der Waals surface area (Å²) >= 11 is 11.5. The van der Waals surface area contributed by atoms with Crippen LogP contribution in [0.25, 0.3) is 0 Å². The summed E-state index contributed by atoms with van der Waals surface area (Å²) in [7, 11) is -3.10. The second-order valence-corrected chi connectivity index (χ2v) is 7.47. The number of halogens is 2. The van der Waals surface area contributed by atoms with Crippen LogP contribution in [0.15, 0.2) is 18.2 Å². The number of hydrogen-bond acceptors (Lipinski definition) is 3. The van der Waals surface area contributed by atoms with Crippen LogP contribution in [-0.2, 0) is 11.1 Å². The number of fused-ring (bicyclic) bond motifs is 1. The van der Waals surface area contributed by atoms with Crippen LogP contribution in [0, 0.1) is 10.1 Å². The monoisotopic (exact) mass is 352 g/mol. The summed E-state index contributed by atoms with van der Waals surface area (Å²) in [4.78, 5) is 10.4. The van der Waals surface area contributed by atoms with Crippen LogP contribution in [0.1, 0.15) is 5.56 Å². The van der Waals surface area contributed by atoms with E-state index in [0.717, 1.165) is 5.56 Å². The van der Waals surface area contributed by atoms with E-state index in [2.05, 4.69) is 10.2 Å². The number of non-ortho nitro benzene ring substituents is 1. The lowest BCUT2D eigenvalue weighted by molar-refractivity contribution is -0.384. The number of alkyl halides is 2. The molecular weight excluding hydrogens is 338 g/mol. The molecule has 0 spiro atoms. The van der Waals surface area contributed by atoms with Gasteiger partial charge in [0, 0.05) is 43.5 Å². The molecule has 0 fully saturated rings. The van der Waals surface area contributed by atoms with Crippen LogP contribution in [0.4, 0.5) is 11.4 Å². The zero-order valence-electron chi connectivity index (χ0n) is 11.1. The minimum absolute atomic E-state index is 0.0454. The molecule has 1 aromatic carbocycles. The highest BCUT2D eigenvalue weighted by Crippen LogP contribution is 2.49. The third-order valence-electron chi connectivity index (χ3n) is 3.14. The van der Waals surface area contributed by atoms with E-state index in [1.165, 1.54) is 12.1 Å². The van der Waals surface area contributed by atoms with Crippen LogP contribution in [0.5, 0.6) is 0 Å². The summed E-state index contributed by atoms with van der Waals surface area (Å²) < 4.78 is 14.6. The highest BCUT2D eigenvalue weighted by molar-refractivity contribution is 7.61. The fourth-order valence-corrected chi connectivity index (χ4v) is 4.84. The fraction of sp³-hybridized carbons (Fsp3) is 0.455. The molecule has 2 N–H and O–H groups in total. The van der Waals surface area contributed by atoms with Crippen molar-refractivity contribution in [3.05, 3.63) is 33.9 Å². The topological polar surface area (TPSA) is 87.5 Å². The van der Waals surface area contributed by atoms with Gasteiger partial charge in [-0.25, -0.2) is 9.76 Å². The van der Waals surface area contributed by atoms with Crippen molar-refractivity contribution in [1.82, 2.24) is 9.76 Å². The zero-order chi connectivity index (χ0) is 15.5. The third-order valence-corrected chi connectivity index (χ3v) is 5.81. The smallest absolute Gasteiger partial charge is 0.306 e. The van der Waals surface area contributed by atoms with Crippen LogP contribution in [0.2, 0.25) is 0 Å².